The molecule has 0 saturated heterocycles. The minimum absolute atomic E-state index is 0.0322. The average molecular weight is 327 g/mol. The molecule has 0 aliphatic heterocycles. The number of nitrogens with one attached hydrogen (secondary N) is 1. The van der Waals surface area contributed by atoms with Crippen LogP contribution in [0.4, 0.5) is 0 Å². The van der Waals surface area contributed by atoms with Gasteiger partial charge >= 0.3 is 0 Å². The van der Waals surface area contributed by atoms with Crippen molar-refractivity contribution in [3.8, 4) is 6.07 Å². The number of hydrogen-bond donors (Lipinski definition) is 1. The van der Waals surface area contributed by atoms with E-state index in [1.807, 2.05) is 45.9 Å². The molecule has 120 valence electrons. The highest BCUT2D eigenvalue weighted by Crippen LogP contribution is 2.26. The largest absolute Gasteiger partial charge is 0.353 e. The Labute approximate surface area is 141 Å². The normalized spacial score (nSPS) is 12.0. The minimum Gasteiger partial charge on any atom is -0.353 e. The van der Waals surface area contributed by atoms with E-state index in [1.165, 1.54) is 22.9 Å². The van der Waals surface area contributed by atoms with E-state index in [4.69, 9.17) is 0 Å². The zero-order valence-electron chi connectivity index (χ0n) is 13.9. The molecule has 0 spiro atoms. The number of nitriles is 1. The number of aromatic nitrogens is 1. The molecule has 1 aromatic carbocycles. The van der Waals surface area contributed by atoms with Gasteiger partial charge in [-0.15, -0.1) is 0 Å². The van der Waals surface area contributed by atoms with Crippen LogP contribution in [0.2, 0.25) is 0 Å². The van der Waals surface area contributed by atoms with Gasteiger partial charge in [-0.1, -0.05) is 18.7 Å². The molecule has 0 saturated carbocycles. The summed E-state index contributed by atoms with van der Waals surface area (Å²) in [5.74, 6) is 0.234. The lowest BCUT2D eigenvalue weighted by Crippen LogP contribution is -2.33. The molecule has 0 unspecified atom stereocenters. The second-order valence-corrected chi connectivity index (χ2v) is 6.71. The Hall–Kier alpha value is -2.06. The molecule has 0 fully saturated rings. The highest BCUT2D eigenvalue weighted by Gasteiger charge is 2.12. The summed E-state index contributed by atoms with van der Waals surface area (Å²) in [6.07, 6.45) is 0.896. The Morgan fingerprint density at radius 2 is 2.04 bits per heavy atom. The SMILES string of the molecule is CC[C@@H](C)NC(=O)CSc1nc2cc(C)c(C)cc2cc1C#N. The van der Waals surface area contributed by atoms with Crippen LogP contribution in [0.1, 0.15) is 37.0 Å². The van der Waals surface area contributed by atoms with Gasteiger partial charge in [0.25, 0.3) is 0 Å². The Bertz CT molecular complexity index is 780. The van der Waals surface area contributed by atoms with Crippen LogP contribution in [0.15, 0.2) is 23.2 Å². The van der Waals surface area contributed by atoms with Crippen molar-refractivity contribution >= 4 is 28.6 Å². The first kappa shape index (κ1) is 17.3. The molecule has 1 amide bonds. The lowest BCUT2D eigenvalue weighted by Gasteiger charge is -2.11. The van der Waals surface area contributed by atoms with Gasteiger partial charge in [-0.3, -0.25) is 4.79 Å². The van der Waals surface area contributed by atoms with Crippen LogP contribution in [-0.2, 0) is 4.79 Å². The molecule has 0 aliphatic carbocycles. The number of rotatable bonds is 5. The molecule has 2 rings (SSSR count). The third-order valence-corrected chi connectivity index (χ3v) is 4.87. The maximum atomic E-state index is 11.9. The van der Waals surface area contributed by atoms with Gasteiger partial charge in [0.15, 0.2) is 0 Å². The molecular formula is C18H21N3OS. The summed E-state index contributed by atoms with van der Waals surface area (Å²) >= 11 is 1.31. The van der Waals surface area contributed by atoms with Gasteiger partial charge in [0, 0.05) is 11.4 Å². The summed E-state index contributed by atoms with van der Waals surface area (Å²) in [5, 5.41) is 13.8. The number of nitrogens with zero attached hydrogens (tertiary/aromatic N) is 2. The minimum atomic E-state index is -0.0322. The van der Waals surface area contributed by atoms with E-state index in [-0.39, 0.29) is 17.7 Å². The zero-order valence-corrected chi connectivity index (χ0v) is 14.8. The van der Waals surface area contributed by atoms with E-state index in [2.05, 4.69) is 16.4 Å². The summed E-state index contributed by atoms with van der Waals surface area (Å²) in [6.45, 7) is 8.09. The van der Waals surface area contributed by atoms with Crippen molar-refractivity contribution in [2.75, 3.05) is 5.75 Å². The summed E-state index contributed by atoms with van der Waals surface area (Å²) < 4.78 is 0. The van der Waals surface area contributed by atoms with Gasteiger partial charge in [0.05, 0.1) is 16.8 Å². The van der Waals surface area contributed by atoms with Crippen LogP contribution >= 0.6 is 11.8 Å². The Balaban J connectivity index is 2.24. The molecule has 1 atom stereocenters. The monoisotopic (exact) mass is 327 g/mol. The van der Waals surface area contributed by atoms with Crippen LogP contribution < -0.4 is 5.32 Å². The molecule has 4 nitrogen and oxygen atoms in total. The summed E-state index contributed by atoms with van der Waals surface area (Å²) in [5.41, 5.74) is 3.72. The predicted octanol–water partition coefficient (Wildman–Crippen LogP) is 3.73. The number of aryl methyl sites for hydroxylation is 2. The Kier molecular flexibility index (Phi) is 5.62. The van der Waals surface area contributed by atoms with Crippen LogP contribution in [0.25, 0.3) is 10.9 Å². The number of amides is 1. The standard InChI is InChI=1S/C18H21N3OS/c1-5-13(4)20-17(22)10-23-18-15(9-19)8-14-6-11(2)12(3)7-16(14)21-18/h6-8,13H,5,10H2,1-4H3,(H,20,22)/t13-/m1/s1. The number of fused-ring (bicyclic) bond motifs is 1. The number of thioether (sulfide) groups is 1. The van der Waals surface area contributed by atoms with Crippen LogP contribution in [0, 0.1) is 25.2 Å². The zero-order chi connectivity index (χ0) is 17.0. The van der Waals surface area contributed by atoms with Crippen molar-refractivity contribution in [1.29, 1.82) is 5.26 Å². The van der Waals surface area contributed by atoms with Crippen molar-refractivity contribution in [2.24, 2.45) is 0 Å². The maximum Gasteiger partial charge on any atom is 0.230 e. The summed E-state index contributed by atoms with van der Waals surface area (Å²) in [7, 11) is 0. The van der Waals surface area contributed by atoms with E-state index in [9.17, 15) is 10.1 Å². The van der Waals surface area contributed by atoms with E-state index in [0.717, 1.165) is 17.3 Å². The first-order chi connectivity index (χ1) is 10.9. The quantitative estimate of drug-likeness (QED) is 0.850. The Morgan fingerprint density at radius 3 is 2.70 bits per heavy atom. The summed E-state index contributed by atoms with van der Waals surface area (Å²) in [4.78, 5) is 16.5. The lowest BCUT2D eigenvalue weighted by atomic mass is 10.1. The number of pyridine rings is 1. The average Bonchev–Trinajstić information content (AvgIpc) is 2.53. The number of benzene rings is 1. The van der Waals surface area contributed by atoms with Crippen molar-refractivity contribution in [3.05, 3.63) is 34.9 Å². The fourth-order valence-electron chi connectivity index (χ4n) is 2.17. The second-order valence-electron chi connectivity index (χ2n) is 5.75. The highest BCUT2D eigenvalue weighted by molar-refractivity contribution is 8.00. The van der Waals surface area contributed by atoms with E-state index in [0.29, 0.717) is 10.6 Å². The van der Waals surface area contributed by atoms with Crippen LogP contribution in [-0.4, -0.2) is 22.7 Å². The Morgan fingerprint density at radius 1 is 1.35 bits per heavy atom. The topological polar surface area (TPSA) is 65.8 Å². The molecule has 1 heterocycles. The summed E-state index contributed by atoms with van der Waals surface area (Å²) in [6, 6.07) is 8.26. The van der Waals surface area contributed by atoms with Gasteiger partial charge in [0.2, 0.25) is 5.91 Å². The molecule has 2 aromatic rings. The third kappa shape index (κ3) is 4.23. The number of carbonyl (C=O) groups is 1. The van der Waals surface area contributed by atoms with E-state index < -0.39 is 0 Å². The predicted molar refractivity (Wildman–Crippen MR) is 94.6 cm³/mol. The molecule has 1 aromatic heterocycles. The molecule has 0 radical (unpaired) electrons. The highest BCUT2D eigenvalue weighted by atomic mass is 32.2. The van der Waals surface area contributed by atoms with Crippen molar-refractivity contribution < 1.29 is 4.79 Å². The van der Waals surface area contributed by atoms with E-state index in [1.54, 1.807) is 0 Å². The van der Waals surface area contributed by atoms with Crippen LogP contribution in [0.3, 0.4) is 0 Å². The number of hydrogen-bond acceptors (Lipinski definition) is 4. The second kappa shape index (κ2) is 7.47. The van der Waals surface area contributed by atoms with Crippen molar-refractivity contribution in [1.82, 2.24) is 10.3 Å². The molecule has 23 heavy (non-hydrogen) atoms. The molecule has 0 bridgehead atoms. The first-order valence-electron chi connectivity index (χ1n) is 7.68. The van der Waals surface area contributed by atoms with Gasteiger partial charge in [-0.25, -0.2) is 4.98 Å². The number of carbonyl (C=O) groups excluding carboxylic acids is 1. The smallest absolute Gasteiger partial charge is 0.230 e. The van der Waals surface area contributed by atoms with Crippen molar-refractivity contribution in [2.45, 2.75) is 45.2 Å². The molecule has 1 N–H and O–H groups in total. The van der Waals surface area contributed by atoms with Gasteiger partial charge in [0.1, 0.15) is 11.1 Å². The maximum absolute atomic E-state index is 11.9. The van der Waals surface area contributed by atoms with Gasteiger partial charge in [-0.2, -0.15) is 5.26 Å². The lowest BCUT2D eigenvalue weighted by molar-refractivity contribution is -0.119. The van der Waals surface area contributed by atoms with Crippen LogP contribution in [0.5, 0.6) is 0 Å². The molecule has 5 heteroatoms. The fraction of sp³-hybridized carbons (Fsp3) is 0.389. The van der Waals surface area contributed by atoms with Gasteiger partial charge < -0.3 is 5.32 Å². The third-order valence-electron chi connectivity index (χ3n) is 3.88. The first-order valence-corrected chi connectivity index (χ1v) is 8.67. The van der Waals surface area contributed by atoms with E-state index >= 15 is 0 Å². The van der Waals surface area contributed by atoms with Crippen molar-refractivity contribution in [3.63, 3.8) is 0 Å². The molecule has 0 aliphatic rings. The fourth-order valence-corrected chi connectivity index (χ4v) is 2.94. The molecular weight excluding hydrogens is 306 g/mol. The van der Waals surface area contributed by atoms with Gasteiger partial charge in [-0.05, 0) is 56.5 Å².